The maximum atomic E-state index is 10.5. The number of carboxylic acid groups (broad SMARTS) is 1. The second-order valence-electron chi connectivity index (χ2n) is 2.81. The molecule has 1 aliphatic rings. The summed E-state index contributed by atoms with van der Waals surface area (Å²) in [5, 5.41) is 27.0. The van der Waals surface area contributed by atoms with Crippen LogP contribution in [0, 0.1) is 0 Å². The van der Waals surface area contributed by atoms with E-state index in [0.717, 1.165) is 0 Å². The largest absolute Gasteiger partial charge is 0.508 e. The number of allylic oxidation sites excluding steroid dienone is 2. The molecule has 0 radical (unpaired) electrons. The summed E-state index contributed by atoms with van der Waals surface area (Å²) in [7, 11) is 0. The Morgan fingerprint density at radius 2 is 2.15 bits per heavy atom. The molecule has 1 rings (SSSR count). The number of nitrogens with two attached hydrogens (primary N) is 1. The molecule has 0 aromatic rings. The molecule has 0 aliphatic heterocycles. The van der Waals surface area contributed by atoms with Crippen LogP contribution in [0.25, 0.3) is 0 Å². The zero-order valence-corrected chi connectivity index (χ0v) is 6.90. The fourth-order valence-corrected chi connectivity index (χ4v) is 1.15. The van der Waals surface area contributed by atoms with Gasteiger partial charge in [-0.25, -0.2) is 0 Å². The van der Waals surface area contributed by atoms with Crippen molar-refractivity contribution in [2.24, 2.45) is 5.73 Å². The van der Waals surface area contributed by atoms with Crippen molar-refractivity contribution in [3.05, 3.63) is 23.2 Å². The lowest BCUT2D eigenvalue weighted by Gasteiger charge is -2.16. The van der Waals surface area contributed by atoms with E-state index in [2.05, 4.69) is 0 Å². The first-order chi connectivity index (χ1) is 6.04. The highest BCUT2D eigenvalue weighted by molar-refractivity contribution is 5.78. The molecule has 1 atom stereocenters. The van der Waals surface area contributed by atoms with Gasteiger partial charge in [-0.3, -0.25) is 4.79 Å². The van der Waals surface area contributed by atoms with Crippen LogP contribution < -0.4 is 5.73 Å². The van der Waals surface area contributed by atoms with Crippen molar-refractivity contribution in [2.75, 3.05) is 0 Å². The van der Waals surface area contributed by atoms with Gasteiger partial charge in [-0.05, 0) is 6.42 Å². The summed E-state index contributed by atoms with van der Waals surface area (Å²) in [5.74, 6) is -1.83. The van der Waals surface area contributed by atoms with Gasteiger partial charge in [0, 0.05) is 12.0 Å². The molecular formula is C8H11NO4. The fourth-order valence-electron chi connectivity index (χ4n) is 1.15. The van der Waals surface area contributed by atoms with Crippen LogP contribution >= 0.6 is 0 Å². The van der Waals surface area contributed by atoms with E-state index in [1.807, 2.05) is 0 Å². The first-order valence-corrected chi connectivity index (χ1v) is 3.84. The predicted molar refractivity (Wildman–Crippen MR) is 45.2 cm³/mol. The fraction of sp³-hybridized carbons (Fsp3) is 0.375. The molecule has 0 saturated carbocycles. The van der Waals surface area contributed by atoms with Gasteiger partial charge < -0.3 is 21.1 Å². The average Bonchev–Trinajstić information content (AvgIpc) is 2.08. The van der Waals surface area contributed by atoms with Crippen LogP contribution in [-0.4, -0.2) is 27.3 Å². The third-order valence-electron chi connectivity index (χ3n) is 1.89. The highest BCUT2D eigenvalue weighted by Gasteiger charge is 2.24. The van der Waals surface area contributed by atoms with Crippen LogP contribution in [0.4, 0.5) is 0 Å². The monoisotopic (exact) mass is 185 g/mol. The normalized spacial score (nSPS) is 19.6. The zero-order chi connectivity index (χ0) is 10.0. The summed E-state index contributed by atoms with van der Waals surface area (Å²) in [6.45, 7) is 0. The Labute approximate surface area is 74.8 Å². The smallest absolute Gasteiger partial charge is 0.325 e. The molecule has 0 bridgehead atoms. The van der Waals surface area contributed by atoms with Crippen molar-refractivity contribution in [3.63, 3.8) is 0 Å². The lowest BCUT2D eigenvalue weighted by molar-refractivity contribution is -0.137. The molecule has 0 saturated heterocycles. The third kappa shape index (κ3) is 1.81. The summed E-state index contributed by atoms with van der Waals surface area (Å²) in [6.07, 6.45) is 2.34. The maximum absolute atomic E-state index is 10.5. The Balaban J connectivity index is 2.93. The van der Waals surface area contributed by atoms with Crippen LogP contribution in [-0.2, 0) is 4.79 Å². The molecule has 0 aromatic heterocycles. The summed E-state index contributed by atoms with van der Waals surface area (Å²) >= 11 is 0. The number of aliphatic carboxylic acids is 1. The first-order valence-electron chi connectivity index (χ1n) is 3.84. The number of carboxylic acids is 1. The molecule has 1 aliphatic carbocycles. The van der Waals surface area contributed by atoms with Crippen LogP contribution in [0.1, 0.15) is 12.8 Å². The number of aliphatic hydroxyl groups excluding tert-OH is 2. The van der Waals surface area contributed by atoms with E-state index in [9.17, 15) is 9.90 Å². The van der Waals surface area contributed by atoms with Gasteiger partial charge in [-0.2, -0.15) is 0 Å². The Hall–Kier alpha value is -1.49. The Bertz CT molecular complexity index is 293. The van der Waals surface area contributed by atoms with Gasteiger partial charge in [0.15, 0.2) is 5.76 Å². The lowest BCUT2D eigenvalue weighted by atomic mass is 9.98. The number of hydrogen-bond donors (Lipinski definition) is 4. The zero-order valence-electron chi connectivity index (χ0n) is 6.90. The molecule has 5 heteroatoms. The molecule has 5 nitrogen and oxygen atoms in total. The Morgan fingerprint density at radius 3 is 2.69 bits per heavy atom. The summed E-state index contributed by atoms with van der Waals surface area (Å²) in [4.78, 5) is 10.5. The summed E-state index contributed by atoms with van der Waals surface area (Å²) < 4.78 is 0. The van der Waals surface area contributed by atoms with Crippen molar-refractivity contribution in [1.82, 2.24) is 0 Å². The molecule has 72 valence electrons. The highest BCUT2D eigenvalue weighted by Crippen LogP contribution is 2.23. The van der Waals surface area contributed by atoms with Crippen molar-refractivity contribution in [2.45, 2.75) is 18.9 Å². The van der Waals surface area contributed by atoms with E-state index < -0.39 is 17.8 Å². The number of aliphatic hydroxyl groups is 2. The highest BCUT2D eigenvalue weighted by atomic mass is 16.4. The summed E-state index contributed by atoms with van der Waals surface area (Å²) in [6, 6.07) is -1.28. The predicted octanol–water partition coefficient (Wildman–Crippen LogP) is 0.446. The Kier molecular flexibility index (Phi) is 2.57. The van der Waals surface area contributed by atoms with Crippen LogP contribution in [0.2, 0.25) is 0 Å². The molecule has 13 heavy (non-hydrogen) atoms. The lowest BCUT2D eigenvalue weighted by Crippen LogP contribution is -2.33. The van der Waals surface area contributed by atoms with Crippen LogP contribution in [0.5, 0.6) is 0 Å². The van der Waals surface area contributed by atoms with E-state index in [1.54, 1.807) is 0 Å². The topological polar surface area (TPSA) is 104 Å². The number of rotatable bonds is 2. The van der Waals surface area contributed by atoms with E-state index in [-0.39, 0.29) is 11.3 Å². The molecule has 0 unspecified atom stereocenters. The van der Waals surface area contributed by atoms with Crippen LogP contribution in [0.3, 0.4) is 0 Å². The van der Waals surface area contributed by atoms with Crippen molar-refractivity contribution in [1.29, 1.82) is 0 Å². The molecule has 5 N–H and O–H groups in total. The quantitative estimate of drug-likeness (QED) is 0.500. The van der Waals surface area contributed by atoms with E-state index in [1.165, 1.54) is 6.08 Å². The molecular weight excluding hydrogens is 174 g/mol. The average molecular weight is 185 g/mol. The molecule has 0 aromatic carbocycles. The van der Waals surface area contributed by atoms with Gasteiger partial charge >= 0.3 is 5.97 Å². The van der Waals surface area contributed by atoms with Crippen LogP contribution in [0.15, 0.2) is 23.2 Å². The minimum Gasteiger partial charge on any atom is -0.508 e. The number of carbonyl (C=O) groups is 1. The first kappa shape index (κ1) is 9.60. The van der Waals surface area contributed by atoms with Gasteiger partial charge in [-0.1, -0.05) is 6.08 Å². The maximum Gasteiger partial charge on any atom is 0.325 e. The van der Waals surface area contributed by atoms with E-state index in [4.69, 9.17) is 15.9 Å². The standard InChI is InChI=1S/C8H11NO4/c9-6(8(12)13)4-2-1-3-5(10)7(4)11/h2,6,10-11H,1,3,9H2,(H,12,13)/t6-/m1/s1. The number of hydrogen-bond acceptors (Lipinski definition) is 4. The van der Waals surface area contributed by atoms with Gasteiger partial charge in [0.05, 0.1) is 0 Å². The minimum atomic E-state index is -1.28. The second kappa shape index (κ2) is 3.49. The summed E-state index contributed by atoms with van der Waals surface area (Å²) in [5.41, 5.74) is 5.35. The van der Waals surface area contributed by atoms with Gasteiger partial charge in [-0.15, -0.1) is 0 Å². The molecule has 0 spiro atoms. The minimum absolute atomic E-state index is 0.0799. The molecule has 0 amide bonds. The van der Waals surface area contributed by atoms with Gasteiger partial charge in [0.1, 0.15) is 11.8 Å². The van der Waals surface area contributed by atoms with Crippen molar-refractivity contribution >= 4 is 5.97 Å². The van der Waals surface area contributed by atoms with Crippen molar-refractivity contribution < 1.29 is 20.1 Å². The van der Waals surface area contributed by atoms with Gasteiger partial charge in [0.2, 0.25) is 0 Å². The van der Waals surface area contributed by atoms with Crippen molar-refractivity contribution in [3.8, 4) is 0 Å². The third-order valence-corrected chi connectivity index (χ3v) is 1.89. The molecule has 0 heterocycles. The van der Waals surface area contributed by atoms with E-state index >= 15 is 0 Å². The second-order valence-corrected chi connectivity index (χ2v) is 2.81. The SMILES string of the molecule is N[C@@H](C(=O)O)C1=CCCC(O)=C1O. The van der Waals surface area contributed by atoms with E-state index in [0.29, 0.717) is 12.8 Å². The molecule has 0 fully saturated rings. The van der Waals surface area contributed by atoms with Gasteiger partial charge in [0.25, 0.3) is 0 Å². The Morgan fingerprint density at radius 1 is 1.54 bits per heavy atom.